The highest BCUT2D eigenvalue weighted by atomic mass is 16.1. The first-order valence-electron chi connectivity index (χ1n) is 4.46. The van der Waals surface area contributed by atoms with Gasteiger partial charge in [0.2, 0.25) is 0 Å². The molecule has 0 atom stereocenters. The summed E-state index contributed by atoms with van der Waals surface area (Å²) in [7, 11) is 0. The molecule has 1 nitrogen and oxygen atoms in total. The lowest BCUT2D eigenvalue weighted by atomic mass is 9.88. The van der Waals surface area contributed by atoms with E-state index in [1.165, 1.54) is 32.1 Å². The molecule has 1 aliphatic carbocycles. The molecule has 0 unspecified atom stereocenters. The van der Waals surface area contributed by atoms with Gasteiger partial charge < -0.3 is 0 Å². The Morgan fingerprint density at radius 3 is 2.45 bits per heavy atom. The molecule has 0 radical (unpaired) electrons. The van der Waals surface area contributed by atoms with Gasteiger partial charge in [0, 0.05) is 0 Å². The van der Waals surface area contributed by atoms with Crippen LogP contribution in [0.25, 0.3) is 0 Å². The largest absolute Gasteiger partial charge is 0.298 e. The summed E-state index contributed by atoms with van der Waals surface area (Å²) in [5.74, 6) is 0.689. The molecule has 1 aliphatic rings. The molecule has 0 aromatic carbocycles. The molecule has 11 heavy (non-hydrogen) atoms. The lowest BCUT2D eigenvalue weighted by molar-refractivity contribution is -0.104. The summed E-state index contributed by atoms with van der Waals surface area (Å²) in [6.07, 6.45) is 9.71. The number of aldehydes is 1. The topological polar surface area (TPSA) is 17.1 Å². The lowest BCUT2D eigenvalue weighted by Gasteiger charge is -2.17. The van der Waals surface area contributed by atoms with E-state index in [4.69, 9.17) is 0 Å². The standard InChI is InChI=1S/C10H16O/c1-9(8-11)7-10-5-3-2-4-6-10/h7-8,10H,2-6H2,1H3/b9-7+. The van der Waals surface area contributed by atoms with E-state index in [0.717, 1.165) is 11.9 Å². The molecule has 0 aliphatic heterocycles. The molecule has 62 valence electrons. The Hall–Kier alpha value is -0.590. The van der Waals surface area contributed by atoms with Gasteiger partial charge in [0.1, 0.15) is 6.29 Å². The third kappa shape index (κ3) is 2.87. The highest BCUT2D eigenvalue weighted by Crippen LogP contribution is 2.25. The Bertz CT molecular complexity index is 152. The molecule has 1 saturated carbocycles. The average Bonchev–Trinajstić information content (AvgIpc) is 2.06. The molecule has 0 bridgehead atoms. The predicted molar refractivity (Wildman–Crippen MR) is 46.4 cm³/mol. The number of rotatable bonds is 2. The van der Waals surface area contributed by atoms with Gasteiger partial charge in [0.25, 0.3) is 0 Å². The first-order chi connectivity index (χ1) is 5.33. The monoisotopic (exact) mass is 152 g/mol. The van der Waals surface area contributed by atoms with Gasteiger partial charge in [-0.25, -0.2) is 0 Å². The van der Waals surface area contributed by atoms with Gasteiger partial charge in [-0.2, -0.15) is 0 Å². The zero-order valence-electron chi connectivity index (χ0n) is 7.18. The highest BCUT2D eigenvalue weighted by molar-refractivity contribution is 5.72. The second-order valence-electron chi connectivity index (χ2n) is 3.43. The number of allylic oxidation sites excluding steroid dienone is 2. The van der Waals surface area contributed by atoms with Crippen LogP contribution in [0.3, 0.4) is 0 Å². The zero-order chi connectivity index (χ0) is 8.10. The van der Waals surface area contributed by atoms with Crippen LogP contribution in [-0.2, 0) is 4.79 Å². The summed E-state index contributed by atoms with van der Waals surface area (Å²) < 4.78 is 0. The smallest absolute Gasteiger partial charge is 0.145 e. The number of carbonyl (C=O) groups is 1. The Kier molecular flexibility index (Phi) is 3.34. The van der Waals surface area contributed by atoms with Crippen molar-refractivity contribution in [3.05, 3.63) is 11.6 Å². The second-order valence-corrected chi connectivity index (χ2v) is 3.43. The maximum atomic E-state index is 10.3. The summed E-state index contributed by atoms with van der Waals surface area (Å²) in [5.41, 5.74) is 0.900. The van der Waals surface area contributed by atoms with Gasteiger partial charge in [-0.15, -0.1) is 0 Å². The van der Waals surface area contributed by atoms with E-state index in [1.807, 2.05) is 6.92 Å². The van der Waals surface area contributed by atoms with Gasteiger partial charge in [-0.3, -0.25) is 4.79 Å². The van der Waals surface area contributed by atoms with E-state index < -0.39 is 0 Å². The molecular weight excluding hydrogens is 136 g/mol. The number of carbonyl (C=O) groups excluding carboxylic acids is 1. The van der Waals surface area contributed by atoms with E-state index in [0.29, 0.717) is 5.92 Å². The third-order valence-corrected chi connectivity index (χ3v) is 2.33. The van der Waals surface area contributed by atoms with E-state index in [1.54, 1.807) is 0 Å². The van der Waals surface area contributed by atoms with Crippen LogP contribution in [0.1, 0.15) is 39.0 Å². The van der Waals surface area contributed by atoms with Crippen LogP contribution in [0.4, 0.5) is 0 Å². The minimum absolute atomic E-state index is 0.689. The molecular formula is C10H16O. The maximum absolute atomic E-state index is 10.3. The van der Waals surface area contributed by atoms with Crippen molar-refractivity contribution in [1.82, 2.24) is 0 Å². The fraction of sp³-hybridized carbons (Fsp3) is 0.700. The van der Waals surface area contributed by atoms with Crippen molar-refractivity contribution in [2.45, 2.75) is 39.0 Å². The minimum Gasteiger partial charge on any atom is -0.298 e. The fourth-order valence-corrected chi connectivity index (χ4v) is 1.71. The molecule has 0 saturated heterocycles. The van der Waals surface area contributed by atoms with Gasteiger partial charge in [-0.05, 0) is 31.3 Å². The maximum Gasteiger partial charge on any atom is 0.145 e. The van der Waals surface area contributed by atoms with Crippen LogP contribution < -0.4 is 0 Å². The van der Waals surface area contributed by atoms with Crippen LogP contribution in [0.15, 0.2) is 11.6 Å². The van der Waals surface area contributed by atoms with Gasteiger partial charge in [0.15, 0.2) is 0 Å². The van der Waals surface area contributed by atoms with Gasteiger partial charge in [0.05, 0.1) is 0 Å². The Labute approximate surface area is 68.5 Å². The molecule has 1 heteroatoms. The van der Waals surface area contributed by atoms with Crippen LogP contribution in [0.2, 0.25) is 0 Å². The SMILES string of the molecule is C/C(C=O)=C\C1CCCCC1. The van der Waals surface area contributed by atoms with Crippen molar-refractivity contribution in [3.63, 3.8) is 0 Å². The molecule has 0 aromatic heterocycles. The summed E-state index contributed by atoms with van der Waals surface area (Å²) in [6, 6.07) is 0. The summed E-state index contributed by atoms with van der Waals surface area (Å²) in [5, 5.41) is 0. The highest BCUT2D eigenvalue weighted by Gasteiger charge is 2.10. The van der Waals surface area contributed by atoms with Crippen LogP contribution >= 0.6 is 0 Å². The van der Waals surface area contributed by atoms with E-state index >= 15 is 0 Å². The zero-order valence-corrected chi connectivity index (χ0v) is 7.18. The summed E-state index contributed by atoms with van der Waals surface area (Å²) in [6.45, 7) is 1.89. The average molecular weight is 152 g/mol. The van der Waals surface area contributed by atoms with Crippen molar-refractivity contribution in [2.24, 2.45) is 5.92 Å². The van der Waals surface area contributed by atoms with Crippen molar-refractivity contribution in [3.8, 4) is 0 Å². The molecule has 0 aromatic rings. The molecule has 0 heterocycles. The predicted octanol–water partition coefficient (Wildman–Crippen LogP) is 2.71. The third-order valence-electron chi connectivity index (χ3n) is 2.33. The lowest BCUT2D eigenvalue weighted by Crippen LogP contribution is -2.03. The molecule has 0 amide bonds. The normalized spacial score (nSPS) is 21.7. The van der Waals surface area contributed by atoms with Crippen LogP contribution in [0, 0.1) is 5.92 Å². The van der Waals surface area contributed by atoms with Crippen molar-refractivity contribution < 1.29 is 4.79 Å². The van der Waals surface area contributed by atoms with Gasteiger partial charge >= 0.3 is 0 Å². The molecule has 0 N–H and O–H groups in total. The quantitative estimate of drug-likeness (QED) is 0.439. The molecule has 1 fully saturated rings. The van der Waals surface area contributed by atoms with Crippen molar-refractivity contribution >= 4 is 6.29 Å². The number of hydrogen-bond donors (Lipinski definition) is 0. The first-order valence-corrected chi connectivity index (χ1v) is 4.46. The van der Waals surface area contributed by atoms with Crippen LogP contribution in [0.5, 0.6) is 0 Å². The van der Waals surface area contributed by atoms with Crippen LogP contribution in [-0.4, -0.2) is 6.29 Å². The second kappa shape index (κ2) is 4.32. The Morgan fingerprint density at radius 1 is 1.27 bits per heavy atom. The van der Waals surface area contributed by atoms with Gasteiger partial charge in [-0.1, -0.05) is 25.3 Å². The Morgan fingerprint density at radius 2 is 1.91 bits per heavy atom. The minimum atomic E-state index is 0.689. The molecule has 0 spiro atoms. The summed E-state index contributed by atoms with van der Waals surface area (Å²) in [4.78, 5) is 10.3. The Balaban J connectivity index is 2.40. The summed E-state index contributed by atoms with van der Waals surface area (Å²) >= 11 is 0. The van der Waals surface area contributed by atoms with E-state index in [-0.39, 0.29) is 0 Å². The first kappa shape index (κ1) is 8.51. The molecule has 1 rings (SSSR count). The van der Waals surface area contributed by atoms with Crippen molar-refractivity contribution in [1.29, 1.82) is 0 Å². The van der Waals surface area contributed by atoms with E-state index in [9.17, 15) is 4.79 Å². The van der Waals surface area contributed by atoms with E-state index in [2.05, 4.69) is 6.08 Å². The fourth-order valence-electron chi connectivity index (χ4n) is 1.71. The van der Waals surface area contributed by atoms with Crippen molar-refractivity contribution in [2.75, 3.05) is 0 Å². The number of hydrogen-bond acceptors (Lipinski definition) is 1.